The van der Waals surface area contributed by atoms with E-state index in [9.17, 15) is 0 Å². The molecule has 1 aliphatic heterocycles. The maximum absolute atomic E-state index is 4.61. The van der Waals surface area contributed by atoms with Gasteiger partial charge in [0.15, 0.2) is 0 Å². The molecular formula is C16H26N2. The summed E-state index contributed by atoms with van der Waals surface area (Å²) >= 11 is 0. The van der Waals surface area contributed by atoms with Crippen molar-refractivity contribution in [3.8, 4) is 0 Å². The third-order valence-electron chi connectivity index (χ3n) is 5.22. The van der Waals surface area contributed by atoms with Crippen molar-refractivity contribution in [3.63, 3.8) is 0 Å². The standard InChI is InChI=1S/C16H26N2/c1-4-13-6-2-8-15(10-13)17-12-18-16-9-3-7-14(5-1)11-16/h13-16H,1-11H2. The zero-order chi connectivity index (χ0) is 12.2. The van der Waals surface area contributed by atoms with Gasteiger partial charge in [-0.1, -0.05) is 44.9 Å². The van der Waals surface area contributed by atoms with E-state index < -0.39 is 0 Å². The van der Waals surface area contributed by atoms with Gasteiger partial charge >= 0.3 is 0 Å². The topological polar surface area (TPSA) is 24.7 Å². The van der Waals surface area contributed by atoms with Crippen LogP contribution in [0.5, 0.6) is 0 Å². The van der Waals surface area contributed by atoms with E-state index in [1.54, 1.807) is 0 Å². The molecule has 3 rings (SSSR count). The molecule has 2 aliphatic carbocycles. The van der Waals surface area contributed by atoms with Crippen LogP contribution in [0.2, 0.25) is 0 Å². The molecule has 0 amide bonds. The first-order valence-electron chi connectivity index (χ1n) is 8.05. The van der Waals surface area contributed by atoms with E-state index in [1.165, 1.54) is 70.6 Å². The Morgan fingerprint density at radius 3 is 1.56 bits per heavy atom. The second-order valence-electron chi connectivity index (χ2n) is 6.66. The Morgan fingerprint density at radius 2 is 1.06 bits per heavy atom. The first-order chi connectivity index (χ1) is 8.90. The Hall–Kier alpha value is -0.620. The zero-order valence-corrected chi connectivity index (χ0v) is 11.5. The van der Waals surface area contributed by atoms with Crippen LogP contribution in [-0.4, -0.2) is 18.1 Å². The van der Waals surface area contributed by atoms with Crippen molar-refractivity contribution in [1.82, 2.24) is 0 Å². The number of hydrogen-bond donors (Lipinski definition) is 0. The summed E-state index contributed by atoms with van der Waals surface area (Å²) in [5, 5.41) is 0. The molecular weight excluding hydrogens is 220 g/mol. The summed E-state index contributed by atoms with van der Waals surface area (Å²) in [7, 11) is 0. The Balaban J connectivity index is 1.72. The van der Waals surface area contributed by atoms with Crippen molar-refractivity contribution < 1.29 is 0 Å². The average molecular weight is 246 g/mol. The smallest absolute Gasteiger partial charge is 0.0898 e. The number of rotatable bonds is 0. The molecule has 2 heteroatoms. The van der Waals surface area contributed by atoms with Crippen molar-refractivity contribution in [3.05, 3.63) is 0 Å². The molecule has 0 aromatic carbocycles. The van der Waals surface area contributed by atoms with Crippen molar-refractivity contribution in [2.45, 2.75) is 82.7 Å². The van der Waals surface area contributed by atoms with Crippen LogP contribution in [0.4, 0.5) is 0 Å². The van der Waals surface area contributed by atoms with Crippen LogP contribution in [-0.2, 0) is 0 Å². The van der Waals surface area contributed by atoms with Crippen molar-refractivity contribution >= 4 is 6.01 Å². The molecule has 4 unspecified atom stereocenters. The van der Waals surface area contributed by atoms with Gasteiger partial charge in [0.05, 0.1) is 18.1 Å². The molecule has 4 atom stereocenters. The highest BCUT2D eigenvalue weighted by Crippen LogP contribution is 2.34. The molecule has 0 spiro atoms. The van der Waals surface area contributed by atoms with E-state index in [1.807, 2.05) is 0 Å². The molecule has 100 valence electrons. The summed E-state index contributed by atoms with van der Waals surface area (Å²) in [5.74, 6) is 1.88. The van der Waals surface area contributed by atoms with Gasteiger partial charge in [-0.05, 0) is 37.5 Å². The Morgan fingerprint density at radius 1 is 0.611 bits per heavy atom. The van der Waals surface area contributed by atoms with Gasteiger partial charge in [-0.2, -0.15) is 0 Å². The van der Waals surface area contributed by atoms with Crippen LogP contribution >= 0.6 is 0 Å². The molecule has 2 nitrogen and oxygen atoms in total. The molecule has 0 N–H and O–H groups in total. The Kier molecular flexibility index (Phi) is 4.15. The first kappa shape index (κ1) is 12.4. The number of hydrogen-bond acceptors (Lipinski definition) is 2. The van der Waals surface area contributed by atoms with Gasteiger partial charge < -0.3 is 0 Å². The van der Waals surface area contributed by atoms with Gasteiger partial charge in [-0.25, -0.2) is 9.98 Å². The van der Waals surface area contributed by atoms with E-state index >= 15 is 0 Å². The summed E-state index contributed by atoms with van der Waals surface area (Å²) in [5.41, 5.74) is 0. The van der Waals surface area contributed by atoms with Crippen LogP contribution < -0.4 is 0 Å². The molecule has 0 radical (unpaired) electrons. The quantitative estimate of drug-likeness (QED) is 0.603. The Labute approximate surface area is 111 Å². The summed E-state index contributed by atoms with van der Waals surface area (Å²) in [6, 6.07) is 4.13. The van der Waals surface area contributed by atoms with Gasteiger partial charge in [0.1, 0.15) is 0 Å². The lowest BCUT2D eigenvalue weighted by molar-refractivity contribution is 0.265. The number of fused-ring (bicyclic) bond motifs is 4. The molecule has 0 aromatic rings. The third-order valence-corrected chi connectivity index (χ3v) is 5.22. The fourth-order valence-corrected chi connectivity index (χ4v) is 4.18. The van der Waals surface area contributed by atoms with Crippen LogP contribution in [0.3, 0.4) is 0 Å². The number of nitrogens with zero attached hydrogens (tertiary/aromatic N) is 2. The van der Waals surface area contributed by atoms with E-state index in [-0.39, 0.29) is 0 Å². The lowest BCUT2D eigenvalue weighted by Gasteiger charge is -2.29. The summed E-state index contributed by atoms with van der Waals surface area (Å²) in [4.78, 5) is 9.22. The van der Waals surface area contributed by atoms with Crippen molar-refractivity contribution in [2.75, 3.05) is 0 Å². The van der Waals surface area contributed by atoms with Crippen molar-refractivity contribution in [1.29, 1.82) is 0 Å². The van der Waals surface area contributed by atoms with Gasteiger partial charge in [0, 0.05) is 0 Å². The molecule has 4 bridgehead atoms. The predicted molar refractivity (Wildman–Crippen MR) is 75.2 cm³/mol. The molecule has 2 saturated carbocycles. The Bertz CT molecular complexity index is 302. The second-order valence-corrected chi connectivity index (χ2v) is 6.66. The molecule has 0 saturated heterocycles. The molecule has 1 heterocycles. The highest BCUT2D eigenvalue weighted by atomic mass is 14.9. The van der Waals surface area contributed by atoms with E-state index in [0.29, 0.717) is 12.1 Å². The average Bonchev–Trinajstić information content (AvgIpc) is 2.39. The van der Waals surface area contributed by atoms with Crippen LogP contribution in [0, 0.1) is 11.8 Å². The monoisotopic (exact) mass is 246 g/mol. The maximum Gasteiger partial charge on any atom is 0.0898 e. The van der Waals surface area contributed by atoms with Crippen LogP contribution in [0.25, 0.3) is 0 Å². The van der Waals surface area contributed by atoms with Gasteiger partial charge in [-0.15, -0.1) is 0 Å². The molecule has 2 fully saturated rings. The predicted octanol–water partition coefficient (Wildman–Crippen LogP) is 4.46. The maximum atomic E-state index is 4.61. The molecule has 3 aliphatic rings. The van der Waals surface area contributed by atoms with Crippen LogP contribution in [0.15, 0.2) is 9.98 Å². The van der Waals surface area contributed by atoms with E-state index in [4.69, 9.17) is 0 Å². The minimum atomic E-state index is 0.534. The normalized spacial score (nSPS) is 40.9. The van der Waals surface area contributed by atoms with Crippen molar-refractivity contribution in [2.24, 2.45) is 21.8 Å². The summed E-state index contributed by atoms with van der Waals surface area (Å²) in [6.07, 6.45) is 15.1. The van der Waals surface area contributed by atoms with Gasteiger partial charge in [0.2, 0.25) is 0 Å². The van der Waals surface area contributed by atoms with Gasteiger partial charge in [-0.3, -0.25) is 0 Å². The summed E-state index contributed by atoms with van der Waals surface area (Å²) in [6.45, 7) is 0. The third kappa shape index (κ3) is 3.23. The van der Waals surface area contributed by atoms with Gasteiger partial charge in [0.25, 0.3) is 0 Å². The lowest BCUT2D eigenvalue weighted by atomic mass is 9.79. The first-order valence-corrected chi connectivity index (χ1v) is 8.05. The molecule has 18 heavy (non-hydrogen) atoms. The van der Waals surface area contributed by atoms with E-state index in [2.05, 4.69) is 16.0 Å². The fourth-order valence-electron chi connectivity index (χ4n) is 4.18. The van der Waals surface area contributed by atoms with E-state index in [0.717, 1.165) is 11.8 Å². The SMILES string of the molecule is C1=NC2CCCC(CCCC3CCCC(C3)N=1)C2. The minimum Gasteiger partial charge on any atom is -0.222 e. The fraction of sp³-hybridized carbons (Fsp3) is 0.938. The minimum absolute atomic E-state index is 0.534. The number of aliphatic imine (C=N–C) groups is 2. The molecule has 0 aromatic heterocycles. The second kappa shape index (κ2) is 6.02. The largest absolute Gasteiger partial charge is 0.222 e. The highest BCUT2D eigenvalue weighted by Gasteiger charge is 2.24. The summed E-state index contributed by atoms with van der Waals surface area (Å²) < 4.78 is 0. The van der Waals surface area contributed by atoms with Crippen LogP contribution in [0.1, 0.15) is 70.6 Å². The highest BCUT2D eigenvalue weighted by molar-refractivity contribution is 5.42. The zero-order valence-electron chi connectivity index (χ0n) is 11.5. The lowest BCUT2D eigenvalue weighted by Crippen LogP contribution is -2.21.